The molecule has 0 saturated heterocycles. The fourth-order valence-corrected chi connectivity index (χ4v) is 9.41. The van der Waals surface area contributed by atoms with E-state index >= 15 is 0 Å². The second-order valence-corrected chi connectivity index (χ2v) is 15.9. The molecule has 0 aliphatic carbocycles. The van der Waals surface area contributed by atoms with Crippen LogP contribution in [-0.4, -0.2) is 10.4 Å². The Morgan fingerprint density at radius 3 is 1.68 bits per heavy atom. The van der Waals surface area contributed by atoms with Crippen LogP contribution in [0, 0.1) is 0 Å². The van der Waals surface area contributed by atoms with E-state index in [0.29, 0.717) is 0 Å². The van der Waals surface area contributed by atoms with Gasteiger partial charge in [-0.15, -0.1) is 0 Å². The number of furan rings is 1. The molecule has 3 heterocycles. The molecule has 1 unspecified atom stereocenters. The minimum absolute atomic E-state index is 0.221. The highest BCUT2D eigenvalue weighted by atomic mass is 16.3. The van der Waals surface area contributed by atoms with Crippen LogP contribution in [-0.2, 0) is 0 Å². The van der Waals surface area contributed by atoms with Crippen molar-refractivity contribution in [1.82, 2.24) is 9.88 Å². The number of hydrogen-bond acceptors (Lipinski definition) is 3. The van der Waals surface area contributed by atoms with Crippen LogP contribution in [0.3, 0.4) is 0 Å². The van der Waals surface area contributed by atoms with Crippen LogP contribution >= 0.6 is 0 Å². The molecule has 12 rings (SSSR count). The number of nitrogens with one attached hydrogen (secondary N) is 1. The molecule has 0 bridgehead atoms. The fraction of sp³-hybridized carbons (Fsp3) is 0.0172. The Balaban J connectivity index is 1.10. The average Bonchev–Trinajstić information content (AvgIpc) is 3.90. The van der Waals surface area contributed by atoms with Crippen molar-refractivity contribution < 1.29 is 4.42 Å². The number of para-hydroxylation sites is 2. The number of fused-ring (bicyclic) bond motifs is 6. The van der Waals surface area contributed by atoms with Crippen molar-refractivity contribution in [2.24, 2.45) is 4.99 Å². The van der Waals surface area contributed by atoms with Crippen LogP contribution in [0.1, 0.15) is 28.3 Å². The zero-order valence-electron chi connectivity index (χ0n) is 33.7. The van der Waals surface area contributed by atoms with E-state index in [-0.39, 0.29) is 6.04 Å². The third kappa shape index (κ3) is 6.03. The average molecular weight is 794 g/mol. The number of rotatable bonds is 7. The number of amidine groups is 1. The predicted molar refractivity (Wildman–Crippen MR) is 257 cm³/mol. The zero-order valence-corrected chi connectivity index (χ0v) is 33.7. The van der Waals surface area contributed by atoms with E-state index < -0.39 is 0 Å². The van der Waals surface area contributed by atoms with E-state index in [1.54, 1.807) is 0 Å². The van der Waals surface area contributed by atoms with Crippen LogP contribution in [0.5, 0.6) is 0 Å². The van der Waals surface area contributed by atoms with Gasteiger partial charge in [-0.25, -0.2) is 4.99 Å². The van der Waals surface area contributed by atoms with Crippen molar-refractivity contribution in [3.05, 3.63) is 247 Å². The maximum atomic E-state index is 7.01. The van der Waals surface area contributed by atoms with Crippen molar-refractivity contribution in [1.29, 1.82) is 0 Å². The SMILES string of the molecule is c1ccc(C2=NC(c3ccccc3)=C(c3cc(-c4ccccc4)cc4oc5cc(-c6cccc(-n7c8ccccc8c8ccccc87)c6)ccc5c34)C(c3ccccc3)N2)cc1. The molecule has 292 valence electrons. The molecule has 1 atom stereocenters. The number of nitrogens with zero attached hydrogens (tertiary/aromatic N) is 2. The zero-order chi connectivity index (χ0) is 41.0. The van der Waals surface area contributed by atoms with E-state index in [9.17, 15) is 0 Å². The third-order valence-electron chi connectivity index (χ3n) is 12.3. The molecule has 0 radical (unpaired) electrons. The largest absolute Gasteiger partial charge is 0.456 e. The number of aliphatic imine (C=N–C) groups is 1. The summed E-state index contributed by atoms with van der Waals surface area (Å²) in [6, 6.07) is 79.5. The molecule has 4 nitrogen and oxygen atoms in total. The van der Waals surface area contributed by atoms with Gasteiger partial charge in [0.2, 0.25) is 0 Å². The molecule has 11 aromatic rings. The number of benzene rings is 9. The second-order valence-electron chi connectivity index (χ2n) is 15.9. The molecule has 0 amide bonds. The van der Waals surface area contributed by atoms with Gasteiger partial charge in [0.05, 0.1) is 22.8 Å². The lowest BCUT2D eigenvalue weighted by Gasteiger charge is -2.31. The van der Waals surface area contributed by atoms with Crippen molar-refractivity contribution in [2.75, 3.05) is 0 Å². The molecule has 9 aromatic carbocycles. The number of hydrogen-bond donors (Lipinski definition) is 1. The maximum Gasteiger partial charge on any atom is 0.136 e. The van der Waals surface area contributed by atoms with E-state index in [4.69, 9.17) is 9.41 Å². The summed E-state index contributed by atoms with van der Waals surface area (Å²) in [4.78, 5) is 5.50. The van der Waals surface area contributed by atoms with Gasteiger partial charge in [-0.2, -0.15) is 0 Å². The Morgan fingerprint density at radius 1 is 0.419 bits per heavy atom. The summed E-state index contributed by atoms with van der Waals surface area (Å²) in [6.45, 7) is 0. The van der Waals surface area contributed by atoms with Crippen molar-refractivity contribution in [3.8, 4) is 27.9 Å². The molecule has 0 spiro atoms. The molecule has 1 aliphatic rings. The van der Waals surface area contributed by atoms with Gasteiger partial charge in [-0.3, -0.25) is 0 Å². The smallest absolute Gasteiger partial charge is 0.136 e. The number of aromatic nitrogens is 1. The molecule has 2 aromatic heterocycles. The van der Waals surface area contributed by atoms with Gasteiger partial charge in [0.15, 0.2) is 0 Å². The van der Waals surface area contributed by atoms with Crippen LogP contribution in [0.4, 0.5) is 0 Å². The van der Waals surface area contributed by atoms with Crippen LogP contribution in [0.25, 0.3) is 83.0 Å². The Bertz CT molecular complexity index is 3470. The van der Waals surface area contributed by atoms with Crippen LogP contribution in [0.2, 0.25) is 0 Å². The fourth-order valence-electron chi connectivity index (χ4n) is 9.41. The minimum atomic E-state index is -0.221. The molecular weight excluding hydrogens is 755 g/mol. The highest BCUT2D eigenvalue weighted by Gasteiger charge is 2.31. The Hall–Kier alpha value is -8.21. The van der Waals surface area contributed by atoms with E-state index in [2.05, 4.69) is 228 Å². The lowest BCUT2D eigenvalue weighted by molar-refractivity contribution is 0.669. The second kappa shape index (κ2) is 14.8. The first-order valence-corrected chi connectivity index (χ1v) is 21.2. The quantitative estimate of drug-likeness (QED) is 0.175. The normalized spacial score (nSPS) is 14.1. The van der Waals surface area contributed by atoms with Gasteiger partial charge in [-0.1, -0.05) is 176 Å². The van der Waals surface area contributed by atoms with E-state index in [1.165, 1.54) is 21.8 Å². The highest BCUT2D eigenvalue weighted by molar-refractivity contribution is 6.17. The van der Waals surface area contributed by atoms with Gasteiger partial charge >= 0.3 is 0 Å². The molecular formula is C58H39N3O. The summed E-state index contributed by atoms with van der Waals surface area (Å²) in [5, 5.41) is 8.55. The molecule has 62 heavy (non-hydrogen) atoms. The summed E-state index contributed by atoms with van der Waals surface area (Å²) in [5.41, 5.74) is 15.9. The lowest BCUT2D eigenvalue weighted by atomic mass is 9.84. The first kappa shape index (κ1) is 35.7. The molecule has 1 N–H and O–H groups in total. The predicted octanol–water partition coefficient (Wildman–Crippen LogP) is 14.7. The third-order valence-corrected chi connectivity index (χ3v) is 12.3. The molecule has 0 saturated carbocycles. The minimum Gasteiger partial charge on any atom is -0.456 e. The molecule has 4 heteroatoms. The lowest BCUT2D eigenvalue weighted by Crippen LogP contribution is -2.33. The first-order valence-electron chi connectivity index (χ1n) is 21.2. The molecule has 0 fully saturated rings. The van der Waals surface area contributed by atoms with Gasteiger partial charge in [0, 0.05) is 43.9 Å². The van der Waals surface area contributed by atoms with E-state index in [1.807, 2.05) is 6.07 Å². The Kier molecular flexibility index (Phi) is 8.53. The topological polar surface area (TPSA) is 42.5 Å². The summed E-state index contributed by atoms with van der Waals surface area (Å²) in [5.74, 6) is 0.836. The van der Waals surface area contributed by atoms with Gasteiger partial charge in [0.1, 0.15) is 17.0 Å². The summed E-state index contributed by atoms with van der Waals surface area (Å²) < 4.78 is 9.39. The van der Waals surface area contributed by atoms with Crippen LogP contribution < -0.4 is 5.32 Å². The standard InChI is InChI=1S/C58H39N3O/c1-5-18-38(19-6-1)44-35-49(55-56(39-20-7-2-8-21-39)59-58(41-24-11-4-12-25-41)60-57(55)40-22-9-3-10-23-40)54-48-33-32-43(36-52(48)62-53(54)37-44)42-26-17-27-45(34-42)61-50-30-15-13-28-46(50)47-29-14-16-31-51(47)61/h1-37,56H,(H,59,60). The van der Waals surface area contributed by atoms with Gasteiger partial charge < -0.3 is 14.3 Å². The van der Waals surface area contributed by atoms with Gasteiger partial charge in [-0.05, 0) is 81.9 Å². The Labute approximate surface area is 359 Å². The Morgan fingerprint density at radius 2 is 0.984 bits per heavy atom. The maximum absolute atomic E-state index is 7.01. The monoisotopic (exact) mass is 793 g/mol. The van der Waals surface area contributed by atoms with Crippen molar-refractivity contribution in [3.63, 3.8) is 0 Å². The summed E-state index contributed by atoms with van der Waals surface area (Å²) in [7, 11) is 0. The first-order chi connectivity index (χ1) is 30.7. The summed E-state index contributed by atoms with van der Waals surface area (Å²) >= 11 is 0. The molecule has 1 aliphatic heterocycles. The highest BCUT2D eigenvalue weighted by Crippen LogP contribution is 2.47. The summed E-state index contributed by atoms with van der Waals surface area (Å²) in [6.07, 6.45) is 0. The van der Waals surface area contributed by atoms with Crippen LogP contribution in [0.15, 0.2) is 234 Å². The van der Waals surface area contributed by atoms with Crippen molar-refractivity contribution >= 4 is 60.9 Å². The van der Waals surface area contributed by atoms with E-state index in [0.717, 1.165) is 89.2 Å². The van der Waals surface area contributed by atoms with Gasteiger partial charge in [0.25, 0.3) is 0 Å². The van der Waals surface area contributed by atoms with Crippen molar-refractivity contribution in [2.45, 2.75) is 6.04 Å².